The lowest BCUT2D eigenvalue weighted by atomic mass is 10.1. The van der Waals surface area contributed by atoms with Crippen LogP contribution in [0.15, 0.2) is 24.5 Å². The molecule has 3 rings (SSSR count). The van der Waals surface area contributed by atoms with Gasteiger partial charge in [0, 0.05) is 38.6 Å². The van der Waals surface area contributed by atoms with Crippen molar-refractivity contribution in [2.24, 2.45) is 0 Å². The summed E-state index contributed by atoms with van der Waals surface area (Å²) in [7, 11) is 0. The van der Waals surface area contributed by atoms with Gasteiger partial charge in [-0.05, 0) is 39.8 Å². The molecule has 1 fully saturated rings. The summed E-state index contributed by atoms with van der Waals surface area (Å²) in [5, 5.41) is 4.57. The molecule has 0 radical (unpaired) electrons. The first-order valence-electron chi connectivity index (χ1n) is 11.7. The van der Waals surface area contributed by atoms with Gasteiger partial charge in [-0.3, -0.25) is 0 Å². The molecule has 10 nitrogen and oxygen atoms in total. The highest BCUT2D eigenvalue weighted by Crippen LogP contribution is 2.29. The van der Waals surface area contributed by atoms with Crippen LogP contribution in [0.25, 0.3) is 0 Å². The summed E-state index contributed by atoms with van der Waals surface area (Å²) in [5.74, 6) is 0.806. The van der Waals surface area contributed by atoms with E-state index in [1.54, 1.807) is 38.0 Å². The number of hydrogen-bond donors (Lipinski definition) is 1. The Labute approximate surface area is 204 Å². The Kier molecular flexibility index (Phi) is 9.86. The summed E-state index contributed by atoms with van der Waals surface area (Å²) in [6.07, 6.45) is 1.59. The normalized spacial score (nSPS) is 14.6. The molecule has 11 heteroatoms. The molecule has 0 amide bonds. The second kappa shape index (κ2) is 13.1. The van der Waals surface area contributed by atoms with Crippen molar-refractivity contribution in [2.45, 2.75) is 52.7 Å². The van der Waals surface area contributed by atoms with Gasteiger partial charge in [0.1, 0.15) is 36.4 Å². The number of halogens is 1. The Morgan fingerprint density at radius 3 is 2.69 bits per heavy atom. The standard InChI is InChI=1S/C24H33FN4O6/c1-5-31-12-13-32-19-6-7-21(20(25)14-19)28-22-17(4)23(27-15-26-22)34-18-8-10-29(11-9-18)35-24(30)33-16(2)3/h6-7,14-16,18H,5,8-13H2,1-4H3,(H,26,27,28). The molecule has 1 aromatic carbocycles. The molecule has 35 heavy (non-hydrogen) atoms. The zero-order chi connectivity index (χ0) is 25.2. The Morgan fingerprint density at radius 1 is 1.23 bits per heavy atom. The molecule has 0 spiro atoms. The maximum absolute atomic E-state index is 14.6. The predicted octanol–water partition coefficient (Wildman–Crippen LogP) is 4.40. The van der Waals surface area contributed by atoms with Crippen LogP contribution >= 0.6 is 0 Å². The van der Waals surface area contributed by atoms with E-state index in [2.05, 4.69) is 15.3 Å². The number of ether oxygens (including phenoxy) is 4. The second-order valence-electron chi connectivity index (χ2n) is 8.22. The lowest BCUT2D eigenvalue weighted by Crippen LogP contribution is -2.40. The van der Waals surface area contributed by atoms with Crippen LogP contribution in [-0.4, -0.2) is 66.3 Å². The van der Waals surface area contributed by atoms with Gasteiger partial charge in [0.05, 0.1) is 24.0 Å². The summed E-state index contributed by atoms with van der Waals surface area (Å²) in [5.41, 5.74) is 0.914. The number of hydroxylamine groups is 2. The molecule has 0 atom stereocenters. The maximum Gasteiger partial charge on any atom is 0.528 e. The average Bonchev–Trinajstić information content (AvgIpc) is 2.81. The van der Waals surface area contributed by atoms with E-state index >= 15 is 0 Å². The molecule has 1 aromatic heterocycles. The predicted molar refractivity (Wildman–Crippen MR) is 126 cm³/mol. The van der Waals surface area contributed by atoms with E-state index in [1.165, 1.54) is 12.4 Å². The molecule has 1 N–H and O–H groups in total. The van der Waals surface area contributed by atoms with Crippen molar-refractivity contribution >= 4 is 17.7 Å². The van der Waals surface area contributed by atoms with Gasteiger partial charge in [-0.25, -0.2) is 19.2 Å². The van der Waals surface area contributed by atoms with Gasteiger partial charge in [-0.2, -0.15) is 0 Å². The summed E-state index contributed by atoms with van der Waals surface area (Å²) in [6, 6.07) is 4.58. The third-order valence-electron chi connectivity index (χ3n) is 5.15. The lowest BCUT2D eigenvalue weighted by molar-refractivity contribution is -0.151. The van der Waals surface area contributed by atoms with Crippen LogP contribution in [0, 0.1) is 12.7 Å². The fourth-order valence-corrected chi connectivity index (χ4v) is 3.37. The van der Waals surface area contributed by atoms with Crippen molar-refractivity contribution in [1.82, 2.24) is 15.0 Å². The number of hydrogen-bond acceptors (Lipinski definition) is 10. The zero-order valence-electron chi connectivity index (χ0n) is 20.6. The summed E-state index contributed by atoms with van der Waals surface area (Å²) >= 11 is 0. The molecular weight excluding hydrogens is 459 g/mol. The van der Waals surface area contributed by atoms with Crippen molar-refractivity contribution in [3.8, 4) is 11.6 Å². The highest BCUT2D eigenvalue weighted by atomic mass is 19.1. The first kappa shape index (κ1) is 26.4. The van der Waals surface area contributed by atoms with E-state index in [9.17, 15) is 9.18 Å². The first-order chi connectivity index (χ1) is 16.9. The van der Waals surface area contributed by atoms with Crippen LogP contribution in [0.3, 0.4) is 0 Å². The minimum Gasteiger partial charge on any atom is -0.491 e. The summed E-state index contributed by atoms with van der Waals surface area (Å²) in [6.45, 7) is 9.65. The largest absolute Gasteiger partial charge is 0.528 e. The molecule has 2 heterocycles. The van der Waals surface area contributed by atoms with Gasteiger partial charge in [-0.15, -0.1) is 5.06 Å². The molecule has 0 unspecified atom stereocenters. The van der Waals surface area contributed by atoms with Gasteiger partial charge < -0.3 is 29.1 Å². The molecule has 1 saturated heterocycles. The first-order valence-corrected chi connectivity index (χ1v) is 11.7. The molecular formula is C24H33FN4O6. The number of nitrogens with zero attached hydrogens (tertiary/aromatic N) is 3. The van der Waals surface area contributed by atoms with Gasteiger partial charge in [0.15, 0.2) is 0 Å². The minimum atomic E-state index is -0.709. The number of piperidine rings is 1. The average molecular weight is 493 g/mol. The van der Waals surface area contributed by atoms with Crippen LogP contribution in [0.5, 0.6) is 11.6 Å². The number of carbonyl (C=O) groups is 1. The fraction of sp³-hybridized carbons (Fsp3) is 0.542. The Bertz CT molecular complexity index is 969. The van der Waals surface area contributed by atoms with Gasteiger partial charge in [0.2, 0.25) is 5.88 Å². The quantitative estimate of drug-likeness (QED) is 0.358. The van der Waals surface area contributed by atoms with Crippen LogP contribution in [0.2, 0.25) is 0 Å². The second-order valence-corrected chi connectivity index (χ2v) is 8.22. The topological polar surface area (TPSA) is 104 Å². The van der Waals surface area contributed by atoms with Crippen LogP contribution in [0.4, 0.5) is 20.7 Å². The van der Waals surface area contributed by atoms with E-state index in [1.807, 2.05) is 6.92 Å². The van der Waals surface area contributed by atoms with E-state index in [4.69, 9.17) is 23.8 Å². The van der Waals surface area contributed by atoms with Crippen molar-refractivity contribution in [3.63, 3.8) is 0 Å². The SMILES string of the molecule is CCOCCOc1ccc(Nc2ncnc(OC3CCN(OC(=O)OC(C)C)CC3)c2C)c(F)c1. The molecule has 1 aliphatic heterocycles. The maximum atomic E-state index is 14.6. The van der Waals surface area contributed by atoms with Crippen molar-refractivity contribution < 1.29 is 33.0 Å². The smallest absolute Gasteiger partial charge is 0.491 e. The number of benzene rings is 1. The highest BCUT2D eigenvalue weighted by Gasteiger charge is 2.25. The molecule has 0 aliphatic carbocycles. The van der Waals surface area contributed by atoms with Gasteiger partial charge in [0.25, 0.3) is 0 Å². The van der Waals surface area contributed by atoms with Crippen LogP contribution < -0.4 is 14.8 Å². The molecule has 0 bridgehead atoms. The highest BCUT2D eigenvalue weighted by molar-refractivity contribution is 5.62. The molecule has 1 aliphatic rings. The van der Waals surface area contributed by atoms with Gasteiger partial charge >= 0.3 is 6.16 Å². The van der Waals surface area contributed by atoms with Gasteiger partial charge in [-0.1, -0.05) is 0 Å². The number of rotatable bonds is 11. The van der Waals surface area contributed by atoms with Crippen LogP contribution in [-0.2, 0) is 14.3 Å². The van der Waals surface area contributed by atoms with E-state index in [0.717, 1.165) is 0 Å². The fourth-order valence-electron chi connectivity index (χ4n) is 3.37. The Morgan fingerprint density at radius 2 is 2.00 bits per heavy atom. The van der Waals surface area contributed by atoms with Crippen molar-refractivity contribution in [3.05, 3.63) is 35.9 Å². The monoisotopic (exact) mass is 492 g/mol. The number of anilines is 2. The zero-order valence-corrected chi connectivity index (χ0v) is 20.6. The number of nitrogens with one attached hydrogen (secondary N) is 1. The lowest BCUT2D eigenvalue weighted by Gasteiger charge is -2.30. The van der Waals surface area contributed by atoms with E-state index in [0.29, 0.717) is 68.8 Å². The minimum absolute atomic E-state index is 0.109. The van der Waals surface area contributed by atoms with E-state index < -0.39 is 12.0 Å². The number of aromatic nitrogens is 2. The number of carbonyl (C=O) groups excluding carboxylic acids is 1. The van der Waals surface area contributed by atoms with Crippen molar-refractivity contribution in [1.29, 1.82) is 0 Å². The Hall–Kier alpha value is -3.18. The summed E-state index contributed by atoms with van der Waals surface area (Å²) < 4.78 is 36.4. The summed E-state index contributed by atoms with van der Waals surface area (Å²) in [4.78, 5) is 25.3. The third-order valence-corrected chi connectivity index (χ3v) is 5.15. The molecule has 2 aromatic rings. The van der Waals surface area contributed by atoms with Crippen molar-refractivity contribution in [2.75, 3.05) is 38.2 Å². The molecule has 0 saturated carbocycles. The van der Waals surface area contributed by atoms with E-state index in [-0.39, 0.29) is 17.9 Å². The molecule has 192 valence electrons. The Balaban J connectivity index is 1.54. The van der Waals surface area contributed by atoms with Crippen LogP contribution in [0.1, 0.15) is 39.2 Å². The third kappa shape index (κ3) is 8.22.